The summed E-state index contributed by atoms with van der Waals surface area (Å²) in [4.78, 5) is 1.86. The topological polar surface area (TPSA) is 70.0 Å². The molecule has 1 aliphatic rings. The lowest BCUT2D eigenvalue weighted by molar-refractivity contribution is 0.0239. The van der Waals surface area contributed by atoms with E-state index in [4.69, 9.17) is 11.0 Å². The third kappa shape index (κ3) is 1.34. The van der Waals surface area contributed by atoms with Crippen molar-refractivity contribution >= 4 is 11.3 Å². The summed E-state index contributed by atoms with van der Waals surface area (Å²) in [7, 11) is 0. The fourth-order valence-electron chi connectivity index (χ4n) is 1.99. The molecule has 0 amide bonds. The Morgan fingerprint density at radius 1 is 1.64 bits per heavy atom. The van der Waals surface area contributed by atoms with Crippen LogP contribution in [-0.4, -0.2) is 17.8 Å². The number of aliphatic hydroxyl groups is 1. The monoisotopic (exact) mass is 208 g/mol. The Morgan fingerprint density at radius 3 is 2.79 bits per heavy atom. The highest BCUT2D eigenvalue weighted by Gasteiger charge is 2.44. The molecule has 0 aromatic carbocycles. The minimum atomic E-state index is -0.216. The maximum atomic E-state index is 9.32. The van der Waals surface area contributed by atoms with Crippen molar-refractivity contribution < 1.29 is 5.11 Å². The zero-order valence-corrected chi connectivity index (χ0v) is 8.55. The van der Waals surface area contributed by atoms with Crippen LogP contribution in [0.5, 0.6) is 0 Å². The first kappa shape index (κ1) is 9.66. The Bertz CT molecular complexity index is 374. The maximum Gasteiger partial charge on any atom is 0.110 e. The van der Waals surface area contributed by atoms with Gasteiger partial charge in [0.15, 0.2) is 0 Å². The molecule has 1 heterocycles. The van der Waals surface area contributed by atoms with Gasteiger partial charge in [-0.1, -0.05) is 0 Å². The minimum Gasteiger partial charge on any atom is -0.393 e. The first-order valence-electron chi connectivity index (χ1n) is 4.59. The van der Waals surface area contributed by atoms with E-state index in [0.29, 0.717) is 11.4 Å². The van der Waals surface area contributed by atoms with Crippen molar-refractivity contribution in [1.82, 2.24) is 0 Å². The number of rotatable bonds is 2. The SMILES string of the molecule is N#Cc1ccc(C2(CN)CC(O)C2)s1. The van der Waals surface area contributed by atoms with E-state index in [0.717, 1.165) is 17.7 Å². The van der Waals surface area contributed by atoms with Gasteiger partial charge in [-0.25, -0.2) is 0 Å². The molecule has 1 saturated carbocycles. The quantitative estimate of drug-likeness (QED) is 0.761. The van der Waals surface area contributed by atoms with E-state index in [-0.39, 0.29) is 11.5 Å². The summed E-state index contributed by atoms with van der Waals surface area (Å²) in [6, 6.07) is 5.90. The van der Waals surface area contributed by atoms with Crippen LogP contribution in [-0.2, 0) is 5.41 Å². The van der Waals surface area contributed by atoms with Crippen LogP contribution in [0, 0.1) is 11.3 Å². The normalized spacial score (nSPS) is 30.8. The highest BCUT2D eigenvalue weighted by molar-refractivity contribution is 7.12. The zero-order chi connectivity index (χ0) is 10.2. The third-order valence-corrected chi connectivity index (χ3v) is 4.12. The second-order valence-electron chi connectivity index (χ2n) is 3.82. The average molecular weight is 208 g/mol. The standard InChI is InChI=1S/C10H12N2OS/c11-5-8-1-2-9(14-8)10(6-12)3-7(13)4-10/h1-2,7,13H,3-4,6,12H2. The van der Waals surface area contributed by atoms with Gasteiger partial charge in [0.05, 0.1) is 6.10 Å². The van der Waals surface area contributed by atoms with Crippen molar-refractivity contribution in [2.75, 3.05) is 6.54 Å². The zero-order valence-electron chi connectivity index (χ0n) is 7.73. The number of aliphatic hydroxyl groups excluding tert-OH is 1. The lowest BCUT2D eigenvalue weighted by atomic mass is 9.66. The largest absolute Gasteiger partial charge is 0.393 e. The maximum absolute atomic E-state index is 9.32. The van der Waals surface area contributed by atoms with Gasteiger partial charge in [-0.2, -0.15) is 5.26 Å². The number of nitrogens with two attached hydrogens (primary N) is 1. The number of nitriles is 1. The highest BCUT2D eigenvalue weighted by atomic mass is 32.1. The van der Waals surface area contributed by atoms with Gasteiger partial charge in [0.1, 0.15) is 10.9 Å². The van der Waals surface area contributed by atoms with Gasteiger partial charge >= 0.3 is 0 Å². The average Bonchev–Trinajstić information content (AvgIpc) is 2.61. The molecule has 0 atom stereocenters. The van der Waals surface area contributed by atoms with Crippen LogP contribution in [0.15, 0.2) is 12.1 Å². The van der Waals surface area contributed by atoms with Crippen molar-refractivity contribution in [3.63, 3.8) is 0 Å². The summed E-state index contributed by atoms with van der Waals surface area (Å²) in [5, 5.41) is 18.0. The van der Waals surface area contributed by atoms with E-state index < -0.39 is 0 Å². The van der Waals surface area contributed by atoms with E-state index in [1.165, 1.54) is 11.3 Å². The molecule has 3 nitrogen and oxygen atoms in total. The van der Waals surface area contributed by atoms with Crippen LogP contribution < -0.4 is 5.73 Å². The molecule has 1 aliphatic carbocycles. The molecular weight excluding hydrogens is 196 g/mol. The van der Waals surface area contributed by atoms with Crippen molar-refractivity contribution in [3.8, 4) is 6.07 Å². The second-order valence-corrected chi connectivity index (χ2v) is 4.91. The van der Waals surface area contributed by atoms with Gasteiger partial charge in [0.2, 0.25) is 0 Å². The van der Waals surface area contributed by atoms with Gasteiger partial charge in [0, 0.05) is 16.8 Å². The molecule has 3 N–H and O–H groups in total. The van der Waals surface area contributed by atoms with E-state index in [1.807, 2.05) is 12.1 Å². The molecule has 74 valence electrons. The summed E-state index contributed by atoms with van der Waals surface area (Å²) in [6.45, 7) is 0.551. The van der Waals surface area contributed by atoms with Gasteiger partial charge in [0.25, 0.3) is 0 Å². The van der Waals surface area contributed by atoms with Crippen LogP contribution in [0.4, 0.5) is 0 Å². The summed E-state index contributed by atoms with van der Waals surface area (Å²) in [6.07, 6.45) is 1.25. The molecular formula is C10H12N2OS. The fourth-order valence-corrected chi connectivity index (χ4v) is 3.01. The van der Waals surface area contributed by atoms with E-state index in [9.17, 15) is 5.11 Å². The number of hydrogen-bond acceptors (Lipinski definition) is 4. The number of hydrogen-bond donors (Lipinski definition) is 2. The minimum absolute atomic E-state index is 0.0564. The number of thiophene rings is 1. The van der Waals surface area contributed by atoms with Gasteiger partial charge in [-0.05, 0) is 25.0 Å². The van der Waals surface area contributed by atoms with Crippen LogP contribution >= 0.6 is 11.3 Å². The predicted octanol–water partition coefficient (Wildman–Crippen LogP) is 0.971. The molecule has 14 heavy (non-hydrogen) atoms. The first-order chi connectivity index (χ1) is 6.70. The van der Waals surface area contributed by atoms with Crippen molar-refractivity contribution in [2.24, 2.45) is 5.73 Å². The molecule has 0 saturated heterocycles. The van der Waals surface area contributed by atoms with Crippen molar-refractivity contribution in [1.29, 1.82) is 5.26 Å². The molecule has 0 aliphatic heterocycles. The summed E-state index contributed by atoms with van der Waals surface area (Å²) in [5.41, 5.74) is 5.67. The highest BCUT2D eigenvalue weighted by Crippen LogP contribution is 2.45. The molecule has 0 radical (unpaired) electrons. The summed E-state index contributed by atoms with van der Waals surface area (Å²) in [5.74, 6) is 0. The molecule has 0 spiro atoms. The predicted molar refractivity (Wildman–Crippen MR) is 55.0 cm³/mol. The Hall–Kier alpha value is -0.890. The molecule has 0 bridgehead atoms. The van der Waals surface area contributed by atoms with Gasteiger partial charge < -0.3 is 10.8 Å². The van der Waals surface area contributed by atoms with Crippen LogP contribution in [0.3, 0.4) is 0 Å². The Labute approximate surface area is 86.8 Å². The summed E-state index contributed by atoms with van der Waals surface area (Å²) < 4.78 is 0. The third-order valence-electron chi connectivity index (χ3n) is 2.88. The molecule has 1 fully saturated rings. The Kier molecular flexibility index (Phi) is 2.31. The number of nitrogens with zero attached hydrogens (tertiary/aromatic N) is 1. The van der Waals surface area contributed by atoms with Crippen LogP contribution in [0.25, 0.3) is 0 Å². The summed E-state index contributed by atoms with van der Waals surface area (Å²) >= 11 is 1.49. The van der Waals surface area contributed by atoms with Crippen molar-refractivity contribution in [2.45, 2.75) is 24.4 Å². The van der Waals surface area contributed by atoms with Crippen LogP contribution in [0.1, 0.15) is 22.6 Å². The van der Waals surface area contributed by atoms with Crippen LogP contribution in [0.2, 0.25) is 0 Å². The van der Waals surface area contributed by atoms with Gasteiger partial charge in [-0.15, -0.1) is 11.3 Å². The lowest BCUT2D eigenvalue weighted by Gasteiger charge is -2.44. The molecule has 0 unspecified atom stereocenters. The fraction of sp³-hybridized carbons (Fsp3) is 0.500. The van der Waals surface area contributed by atoms with Gasteiger partial charge in [-0.3, -0.25) is 0 Å². The Morgan fingerprint density at radius 2 is 2.36 bits per heavy atom. The molecule has 1 aromatic rings. The molecule has 4 heteroatoms. The van der Waals surface area contributed by atoms with E-state index in [2.05, 4.69) is 6.07 Å². The Balaban J connectivity index is 2.25. The van der Waals surface area contributed by atoms with Crippen molar-refractivity contribution in [3.05, 3.63) is 21.9 Å². The molecule has 1 aromatic heterocycles. The second kappa shape index (κ2) is 3.35. The first-order valence-corrected chi connectivity index (χ1v) is 5.40. The lowest BCUT2D eigenvalue weighted by Crippen LogP contribution is -2.49. The smallest absolute Gasteiger partial charge is 0.110 e. The molecule has 2 rings (SSSR count). The van der Waals surface area contributed by atoms with E-state index >= 15 is 0 Å². The van der Waals surface area contributed by atoms with E-state index in [1.54, 1.807) is 0 Å².